The van der Waals surface area contributed by atoms with Crippen LogP contribution in [0.4, 0.5) is 0 Å². The second-order valence-electron chi connectivity index (χ2n) is 1.48. The Morgan fingerprint density at radius 3 is 2.70 bits per heavy atom. The fraction of sp³-hybridized carbons (Fsp3) is 0.667. The maximum Gasteiger partial charge on any atom is 0.371 e. The third-order valence-corrected chi connectivity index (χ3v) is 0.772. The molecule has 0 saturated heterocycles. The molecule has 0 spiro atoms. The molecule has 4 heteroatoms. The zero-order valence-electron chi connectivity index (χ0n) is 5.83. The van der Waals surface area contributed by atoms with Crippen molar-refractivity contribution >= 4 is 12.3 Å². The zero-order valence-corrected chi connectivity index (χ0v) is 5.83. The van der Waals surface area contributed by atoms with E-state index in [1.807, 2.05) is 6.92 Å². The van der Waals surface area contributed by atoms with E-state index in [2.05, 4.69) is 4.74 Å². The van der Waals surface area contributed by atoms with Gasteiger partial charge in [-0.05, 0) is 6.92 Å². The standard InChI is InChI=1S/C6H10O4/c1-2-9-3-4-10-6(8)5-7/h5H,2-4H2,1H3. The lowest BCUT2D eigenvalue weighted by atomic mass is 10.7. The quantitative estimate of drug-likeness (QED) is 0.232. The van der Waals surface area contributed by atoms with Gasteiger partial charge in [0.15, 0.2) is 0 Å². The van der Waals surface area contributed by atoms with Crippen molar-refractivity contribution in [2.24, 2.45) is 0 Å². The van der Waals surface area contributed by atoms with Crippen molar-refractivity contribution in [3.05, 3.63) is 0 Å². The van der Waals surface area contributed by atoms with E-state index in [9.17, 15) is 9.59 Å². The van der Waals surface area contributed by atoms with Crippen LogP contribution in [0.2, 0.25) is 0 Å². The minimum atomic E-state index is -0.847. The van der Waals surface area contributed by atoms with Gasteiger partial charge in [-0.3, -0.25) is 4.79 Å². The molecule has 0 radical (unpaired) electrons. The van der Waals surface area contributed by atoms with Crippen LogP contribution in [-0.4, -0.2) is 32.1 Å². The lowest BCUT2D eigenvalue weighted by Crippen LogP contribution is -2.10. The SMILES string of the molecule is CCOCCOC(=O)C=O. The number of carbonyl (C=O) groups excluding carboxylic acids is 2. The van der Waals surface area contributed by atoms with Gasteiger partial charge in [0.2, 0.25) is 6.29 Å². The van der Waals surface area contributed by atoms with E-state index in [1.165, 1.54) is 0 Å². The molecule has 0 amide bonds. The lowest BCUT2D eigenvalue weighted by Gasteiger charge is -1.99. The number of aldehydes is 1. The number of carbonyl (C=O) groups is 2. The first kappa shape index (κ1) is 9.10. The fourth-order valence-electron chi connectivity index (χ4n) is 0.380. The summed E-state index contributed by atoms with van der Waals surface area (Å²) in [5.74, 6) is -0.847. The molecule has 0 aliphatic carbocycles. The predicted molar refractivity (Wildman–Crippen MR) is 33.5 cm³/mol. The van der Waals surface area contributed by atoms with Gasteiger partial charge >= 0.3 is 5.97 Å². The summed E-state index contributed by atoms with van der Waals surface area (Å²) in [7, 11) is 0. The third kappa shape index (κ3) is 5.24. The Hall–Kier alpha value is -0.900. The van der Waals surface area contributed by atoms with Gasteiger partial charge in [-0.1, -0.05) is 0 Å². The van der Waals surface area contributed by atoms with Crippen LogP contribution >= 0.6 is 0 Å². The number of hydrogen-bond donors (Lipinski definition) is 0. The molecule has 0 atom stereocenters. The van der Waals surface area contributed by atoms with Crippen molar-refractivity contribution in [1.82, 2.24) is 0 Å². The number of esters is 1. The van der Waals surface area contributed by atoms with E-state index in [0.29, 0.717) is 13.2 Å². The first-order chi connectivity index (χ1) is 4.81. The highest BCUT2D eigenvalue weighted by Crippen LogP contribution is 1.76. The van der Waals surface area contributed by atoms with Crippen molar-refractivity contribution < 1.29 is 19.1 Å². The second-order valence-corrected chi connectivity index (χ2v) is 1.48. The summed E-state index contributed by atoms with van der Waals surface area (Å²) < 4.78 is 9.20. The average Bonchev–Trinajstić information content (AvgIpc) is 1.98. The van der Waals surface area contributed by atoms with Gasteiger partial charge in [0.1, 0.15) is 6.61 Å². The molecule has 0 aromatic rings. The van der Waals surface area contributed by atoms with Crippen molar-refractivity contribution in [1.29, 1.82) is 0 Å². The zero-order chi connectivity index (χ0) is 7.82. The van der Waals surface area contributed by atoms with Gasteiger partial charge in [0.05, 0.1) is 6.61 Å². The van der Waals surface area contributed by atoms with E-state index in [1.54, 1.807) is 0 Å². The molecule has 0 bridgehead atoms. The molecule has 0 aromatic heterocycles. The molecule has 0 N–H and O–H groups in total. The number of rotatable bonds is 5. The fourth-order valence-corrected chi connectivity index (χ4v) is 0.380. The Morgan fingerprint density at radius 1 is 1.50 bits per heavy atom. The maximum absolute atomic E-state index is 10.1. The van der Waals surface area contributed by atoms with Crippen LogP contribution in [-0.2, 0) is 19.1 Å². The molecule has 0 fully saturated rings. The maximum atomic E-state index is 10.1. The second kappa shape index (κ2) is 6.22. The van der Waals surface area contributed by atoms with Crippen molar-refractivity contribution in [2.45, 2.75) is 6.92 Å². The van der Waals surface area contributed by atoms with Crippen LogP contribution in [0.5, 0.6) is 0 Å². The topological polar surface area (TPSA) is 52.6 Å². The first-order valence-corrected chi connectivity index (χ1v) is 3.01. The molecule has 0 saturated carbocycles. The molecule has 0 aromatic carbocycles. The van der Waals surface area contributed by atoms with Crippen LogP contribution < -0.4 is 0 Å². The van der Waals surface area contributed by atoms with Crippen LogP contribution in [0.1, 0.15) is 6.92 Å². The Balaban J connectivity index is 3.03. The summed E-state index contributed by atoms with van der Waals surface area (Å²) in [4.78, 5) is 19.8. The molecular weight excluding hydrogens is 136 g/mol. The van der Waals surface area contributed by atoms with E-state index in [4.69, 9.17) is 4.74 Å². The molecular formula is C6H10O4. The number of hydrogen-bond acceptors (Lipinski definition) is 4. The minimum absolute atomic E-state index is 0.131. The number of ether oxygens (including phenoxy) is 2. The smallest absolute Gasteiger partial charge is 0.371 e. The van der Waals surface area contributed by atoms with Crippen LogP contribution in [0.25, 0.3) is 0 Å². The summed E-state index contributed by atoms with van der Waals surface area (Å²) in [6, 6.07) is 0. The Labute approximate surface area is 59.1 Å². The van der Waals surface area contributed by atoms with E-state index in [0.717, 1.165) is 0 Å². The van der Waals surface area contributed by atoms with Crippen molar-refractivity contribution in [3.8, 4) is 0 Å². The summed E-state index contributed by atoms with van der Waals surface area (Å²) in [5.41, 5.74) is 0. The summed E-state index contributed by atoms with van der Waals surface area (Å²) >= 11 is 0. The average molecular weight is 146 g/mol. The van der Waals surface area contributed by atoms with E-state index in [-0.39, 0.29) is 12.9 Å². The minimum Gasteiger partial charge on any atom is -0.458 e. The first-order valence-electron chi connectivity index (χ1n) is 3.01. The Kier molecular flexibility index (Phi) is 5.66. The van der Waals surface area contributed by atoms with Crippen LogP contribution in [0, 0.1) is 0 Å². The normalized spacial score (nSPS) is 8.90. The Morgan fingerprint density at radius 2 is 2.20 bits per heavy atom. The summed E-state index contributed by atoms with van der Waals surface area (Å²) in [5, 5.41) is 0. The molecule has 0 aliphatic rings. The monoisotopic (exact) mass is 146 g/mol. The Bertz CT molecular complexity index is 110. The van der Waals surface area contributed by atoms with Crippen LogP contribution in [0.3, 0.4) is 0 Å². The molecule has 0 unspecified atom stereocenters. The highest BCUT2D eigenvalue weighted by molar-refractivity contribution is 6.20. The van der Waals surface area contributed by atoms with Crippen molar-refractivity contribution in [2.75, 3.05) is 19.8 Å². The third-order valence-electron chi connectivity index (χ3n) is 0.772. The van der Waals surface area contributed by atoms with E-state index >= 15 is 0 Å². The van der Waals surface area contributed by atoms with Gasteiger partial charge in [0, 0.05) is 6.61 Å². The van der Waals surface area contributed by atoms with Gasteiger partial charge in [-0.15, -0.1) is 0 Å². The molecule has 0 aliphatic heterocycles. The van der Waals surface area contributed by atoms with Gasteiger partial charge in [-0.2, -0.15) is 0 Å². The van der Waals surface area contributed by atoms with Gasteiger partial charge in [0.25, 0.3) is 0 Å². The molecule has 0 heterocycles. The summed E-state index contributed by atoms with van der Waals surface area (Å²) in [6.45, 7) is 2.90. The molecule has 58 valence electrons. The highest BCUT2D eigenvalue weighted by Gasteiger charge is 1.96. The van der Waals surface area contributed by atoms with Crippen molar-refractivity contribution in [3.63, 3.8) is 0 Å². The van der Waals surface area contributed by atoms with Gasteiger partial charge < -0.3 is 9.47 Å². The van der Waals surface area contributed by atoms with Gasteiger partial charge in [-0.25, -0.2) is 4.79 Å². The molecule has 4 nitrogen and oxygen atoms in total. The molecule has 10 heavy (non-hydrogen) atoms. The van der Waals surface area contributed by atoms with Crippen LogP contribution in [0.15, 0.2) is 0 Å². The molecule has 0 rings (SSSR count). The highest BCUT2D eigenvalue weighted by atomic mass is 16.6. The largest absolute Gasteiger partial charge is 0.458 e. The van der Waals surface area contributed by atoms with E-state index < -0.39 is 5.97 Å². The predicted octanol–water partition coefficient (Wildman–Crippen LogP) is -0.235. The lowest BCUT2D eigenvalue weighted by molar-refractivity contribution is -0.149. The summed E-state index contributed by atoms with van der Waals surface area (Å²) in [6.07, 6.45) is 0.131.